The summed E-state index contributed by atoms with van der Waals surface area (Å²) in [4.78, 5) is 42.8. The molecule has 37 heavy (non-hydrogen) atoms. The van der Waals surface area contributed by atoms with Crippen molar-refractivity contribution in [2.75, 3.05) is 37.1 Å². The van der Waals surface area contributed by atoms with Gasteiger partial charge < -0.3 is 19.6 Å². The van der Waals surface area contributed by atoms with Gasteiger partial charge >= 0.3 is 5.97 Å². The minimum atomic E-state index is -1.33. The van der Waals surface area contributed by atoms with Crippen molar-refractivity contribution in [3.63, 3.8) is 0 Å². The Morgan fingerprint density at radius 2 is 2.08 bits per heavy atom. The number of hydrogen-bond donors (Lipinski definition) is 1. The van der Waals surface area contributed by atoms with Gasteiger partial charge in [-0.05, 0) is 36.2 Å². The molecule has 10 nitrogen and oxygen atoms in total. The average molecular weight is 521 g/mol. The number of halogens is 1. The number of likely N-dealkylation sites (N-methyl/N-ethyl adjacent to an activating group) is 1. The van der Waals surface area contributed by atoms with Crippen LogP contribution in [0.4, 0.5) is 11.6 Å². The van der Waals surface area contributed by atoms with Gasteiger partial charge in [-0.25, -0.2) is 14.8 Å². The van der Waals surface area contributed by atoms with E-state index < -0.39 is 11.4 Å². The predicted octanol–water partition coefficient (Wildman–Crippen LogP) is 3.44. The van der Waals surface area contributed by atoms with Crippen LogP contribution in [-0.4, -0.2) is 57.9 Å². The molecule has 0 amide bonds. The van der Waals surface area contributed by atoms with Gasteiger partial charge in [0.1, 0.15) is 11.4 Å². The van der Waals surface area contributed by atoms with Gasteiger partial charge in [0.2, 0.25) is 5.43 Å². The van der Waals surface area contributed by atoms with E-state index in [-0.39, 0.29) is 16.0 Å². The highest BCUT2D eigenvalue weighted by molar-refractivity contribution is 6.33. The van der Waals surface area contributed by atoms with Gasteiger partial charge in [0.25, 0.3) is 0 Å². The van der Waals surface area contributed by atoms with E-state index >= 15 is 0 Å². The molecule has 0 spiro atoms. The highest BCUT2D eigenvalue weighted by Crippen LogP contribution is 2.33. The first-order chi connectivity index (χ1) is 17.8. The Balaban J connectivity index is 1.67. The van der Waals surface area contributed by atoms with E-state index in [0.29, 0.717) is 43.4 Å². The summed E-state index contributed by atoms with van der Waals surface area (Å²) in [5.41, 5.74) is 2.71. The van der Waals surface area contributed by atoms with E-state index in [1.165, 1.54) is 12.3 Å². The van der Waals surface area contributed by atoms with Crippen LogP contribution in [0.3, 0.4) is 0 Å². The molecule has 190 valence electrons. The van der Waals surface area contributed by atoms with Crippen molar-refractivity contribution in [1.82, 2.24) is 19.5 Å². The molecule has 4 aromatic heterocycles. The number of fused-ring (bicyclic) bond motifs is 2. The van der Waals surface area contributed by atoms with Crippen molar-refractivity contribution < 1.29 is 14.6 Å². The average Bonchev–Trinajstić information content (AvgIpc) is 3.31. The van der Waals surface area contributed by atoms with E-state index in [0.717, 1.165) is 22.6 Å². The Hall–Kier alpha value is -4.02. The first-order valence-electron chi connectivity index (χ1n) is 11.6. The number of nitrogens with zero attached hydrogens (tertiary/aromatic N) is 6. The summed E-state index contributed by atoms with van der Waals surface area (Å²) >= 11 is 6.61. The number of rotatable bonds is 7. The Bertz CT molecular complexity index is 1560. The van der Waals surface area contributed by atoms with Crippen molar-refractivity contribution >= 4 is 40.2 Å². The van der Waals surface area contributed by atoms with E-state index in [4.69, 9.17) is 21.3 Å². The third-order valence-electron chi connectivity index (χ3n) is 6.48. The summed E-state index contributed by atoms with van der Waals surface area (Å²) in [6, 6.07) is 7.28. The number of aromatic carboxylic acids is 1. The fourth-order valence-electron chi connectivity index (χ4n) is 4.46. The molecule has 5 rings (SSSR count). The van der Waals surface area contributed by atoms with Crippen LogP contribution >= 0.6 is 11.6 Å². The summed E-state index contributed by atoms with van der Waals surface area (Å²) < 4.78 is 6.75. The topological polar surface area (TPSA) is 114 Å². The molecule has 0 saturated heterocycles. The van der Waals surface area contributed by atoms with E-state index in [2.05, 4.69) is 9.97 Å². The SMILES string of the molecule is COCCN(C)c1cc(C)c(-n2cc(C(=O)O)c(=O)c3cc(Cl)c(N4Cc5cccnc5C4)nc32)cn1. The van der Waals surface area contributed by atoms with Crippen molar-refractivity contribution in [2.45, 2.75) is 20.0 Å². The molecule has 1 aliphatic heterocycles. The molecular weight excluding hydrogens is 496 g/mol. The Morgan fingerprint density at radius 1 is 1.27 bits per heavy atom. The summed E-state index contributed by atoms with van der Waals surface area (Å²) in [7, 11) is 3.55. The van der Waals surface area contributed by atoms with Crippen LogP contribution in [0.2, 0.25) is 5.02 Å². The van der Waals surface area contributed by atoms with Gasteiger partial charge in [-0.1, -0.05) is 17.7 Å². The number of ether oxygens (including phenoxy) is 1. The third kappa shape index (κ3) is 4.49. The lowest BCUT2D eigenvalue weighted by Crippen LogP contribution is -2.24. The maximum absolute atomic E-state index is 13.1. The second-order valence-corrected chi connectivity index (χ2v) is 9.33. The molecule has 0 fully saturated rings. The van der Waals surface area contributed by atoms with Crippen LogP contribution in [0.15, 0.2) is 47.7 Å². The van der Waals surface area contributed by atoms with E-state index in [1.807, 2.05) is 42.0 Å². The lowest BCUT2D eigenvalue weighted by atomic mass is 10.1. The van der Waals surface area contributed by atoms with Crippen LogP contribution in [0.5, 0.6) is 0 Å². The number of anilines is 2. The molecule has 0 aromatic carbocycles. The molecule has 1 aliphatic rings. The molecule has 0 atom stereocenters. The molecule has 0 bridgehead atoms. The Kier molecular flexibility index (Phi) is 6.53. The highest BCUT2D eigenvalue weighted by atomic mass is 35.5. The van der Waals surface area contributed by atoms with Crippen molar-refractivity contribution in [1.29, 1.82) is 0 Å². The molecule has 4 aromatic rings. The minimum Gasteiger partial charge on any atom is -0.477 e. The number of aryl methyl sites for hydroxylation is 1. The molecular formula is C26H25ClN6O4. The number of carboxylic acid groups (broad SMARTS) is 1. The van der Waals surface area contributed by atoms with Crippen LogP contribution < -0.4 is 15.2 Å². The van der Waals surface area contributed by atoms with Crippen LogP contribution in [0, 0.1) is 6.92 Å². The Morgan fingerprint density at radius 3 is 2.78 bits per heavy atom. The summed E-state index contributed by atoms with van der Waals surface area (Å²) in [5, 5.41) is 10.1. The van der Waals surface area contributed by atoms with Crippen molar-refractivity contribution in [3.05, 3.63) is 80.5 Å². The van der Waals surface area contributed by atoms with Crippen molar-refractivity contribution in [2.24, 2.45) is 0 Å². The van der Waals surface area contributed by atoms with E-state index in [1.54, 1.807) is 24.1 Å². The number of hydrogen-bond acceptors (Lipinski definition) is 8. The predicted molar refractivity (Wildman–Crippen MR) is 141 cm³/mol. The zero-order valence-corrected chi connectivity index (χ0v) is 21.4. The van der Waals surface area contributed by atoms with Gasteiger partial charge in [0, 0.05) is 39.6 Å². The van der Waals surface area contributed by atoms with E-state index in [9.17, 15) is 14.7 Å². The molecule has 0 aliphatic carbocycles. The summed E-state index contributed by atoms with van der Waals surface area (Å²) in [6.45, 7) is 4.20. The summed E-state index contributed by atoms with van der Waals surface area (Å²) in [5.74, 6) is -0.102. The monoisotopic (exact) mass is 520 g/mol. The zero-order chi connectivity index (χ0) is 26.3. The fourth-order valence-corrected chi connectivity index (χ4v) is 4.73. The normalized spacial score (nSPS) is 12.7. The zero-order valence-electron chi connectivity index (χ0n) is 20.6. The van der Waals surface area contributed by atoms with Gasteiger partial charge in [0.05, 0.1) is 41.1 Å². The standard InChI is InChI=1S/C26H25ClN6O4/c1-15-9-22(31(2)7-8-37-3)29-11-21(15)33-13-18(26(35)36)23(34)17-10-19(27)25(30-24(17)33)32-12-16-5-4-6-28-20(16)14-32/h4-6,9-11,13H,7-8,12,14H2,1-3H3,(H,35,36). The number of carboxylic acids is 1. The lowest BCUT2D eigenvalue weighted by Gasteiger charge is -2.21. The molecule has 5 heterocycles. The largest absolute Gasteiger partial charge is 0.477 e. The van der Waals surface area contributed by atoms with Gasteiger partial charge in [-0.15, -0.1) is 0 Å². The third-order valence-corrected chi connectivity index (χ3v) is 6.76. The maximum Gasteiger partial charge on any atom is 0.341 e. The molecule has 0 radical (unpaired) electrons. The summed E-state index contributed by atoms with van der Waals surface area (Å²) in [6.07, 6.45) is 4.69. The second kappa shape index (κ2) is 9.79. The van der Waals surface area contributed by atoms with Crippen LogP contribution in [0.1, 0.15) is 27.2 Å². The van der Waals surface area contributed by atoms with Gasteiger partial charge in [0.15, 0.2) is 11.5 Å². The first-order valence-corrected chi connectivity index (χ1v) is 12.0. The van der Waals surface area contributed by atoms with Gasteiger partial charge in [-0.3, -0.25) is 14.3 Å². The number of methoxy groups -OCH3 is 1. The second-order valence-electron chi connectivity index (χ2n) is 8.92. The number of aromatic nitrogens is 4. The van der Waals surface area contributed by atoms with Crippen molar-refractivity contribution in [3.8, 4) is 5.69 Å². The number of carbonyl (C=O) groups is 1. The minimum absolute atomic E-state index is 0.115. The number of pyridine rings is 4. The van der Waals surface area contributed by atoms with Crippen LogP contribution in [-0.2, 0) is 17.8 Å². The molecule has 1 N–H and O–H groups in total. The van der Waals surface area contributed by atoms with Gasteiger partial charge in [-0.2, -0.15) is 0 Å². The molecule has 0 saturated carbocycles. The first kappa shape index (κ1) is 24.7. The quantitative estimate of drug-likeness (QED) is 0.391. The lowest BCUT2D eigenvalue weighted by molar-refractivity contribution is 0.0695. The Labute approximate surface area is 217 Å². The smallest absolute Gasteiger partial charge is 0.341 e. The molecule has 11 heteroatoms. The maximum atomic E-state index is 13.1. The fraction of sp³-hybridized carbons (Fsp3) is 0.269. The highest BCUT2D eigenvalue weighted by Gasteiger charge is 2.25. The van der Waals surface area contributed by atoms with Crippen LogP contribution in [0.25, 0.3) is 16.7 Å². The molecule has 0 unspecified atom stereocenters.